The van der Waals surface area contributed by atoms with Crippen molar-refractivity contribution >= 4 is 16.7 Å². The van der Waals surface area contributed by atoms with Crippen LogP contribution in [0.3, 0.4) is 0 Å². The van der Waals surface area contributed by atoms with Crippen LogP contribution in [0.25, 0.3) is 16.7 Å². The van der Waals surface area contributed by atoms with Crippen LogP contribution in [0.15, 0.2) is 42.6 Å². The van der Waals surface area contributed by atoms with Gasteiger partial charge in [-0.15, -0.1) is 10.2 Å². The zero-order valence-corrected chi connectivity index (χ0v) is 6.88. The summed E-state index contributed by atoms with van der Waals surface area (Å²) in [5, 5.41) is 8.19. The van der Waals surface area contributed by atoms with Gasteiger partial charge >= 0.3 is 0 Å². The molecule has 0 N–H and O–H groups in total. The van der Waals surface area contributed by atoms with Gasteiger partial charge in [-0.05, 0) is 24.3 Å². The monoisotopic (exact) mass is 169 g/mol. The number of para-hydroxylation sites is 1. The Morgan fingerprint density at radius 1 is 0.923 bits per heavy atom. The maximum atomic E-state index is 4.11. The lowest BCUT2D eigenvalue weighted by Gasteiger charge is -1.98. The summed E-state index contributed by atoms with van der Waals surface area (Å²) in [6.07, 6.45) is 1.99. The van der Waals surface area contributed by atoms with Gasteiger partial charge in [0.2, 0.25) is 0 Å². The number of hydrogen-bond donors (Lipinski definition) is 0. The average molecular weight is 169 g/mol. The van der Waals surface area contributed by atoms with Gasteiger partial charge in [-0.25, -0.2) is 0 Å². The van der Waals surface area contributed by atoms with Crippen molar-refractivity contribution < 1.29 is 0 Å². The zero-order valence-electron chi connectivity index (χ0n) is 6.88. The van der Waals surface area contributed by atoms with Crippen molar-refractivity contribution in [3.05, 3.63) is 42.6 Å². The highest BCUT2D eigenvalue weighted by Gasteiger charge is 1.99. The molecule has 1 aromatic carbocycles. The SMILES string of the molecule is c1ccc2c(c1)nnc1cccn12. The van der Waals surface area contributed by atoms with Crippen LogP contribution in [0.1, 0.15) is 0 Å². The summed E-state index contributed by atoms with van der Waals surface area (Å²) in [6, 6.07) is 11.9. The first-order valence-electron chi connectivity index (χ1n) is 4.14. The van der Waals surface area contributed by atoms with Crippen molar-refractivity contribution in [2.75, 3.05) is 0 Å². The maximum Gasteiger partial charge on any atom is 0.159 e. The molecule has 62 valence electrons. The van der Waals surface area contributed by atoms with E-state index in [0.29, 0.717) is 0 Å². The fourth-order valence-corrected chi connectivity index (χ4v) is 1.51. The van der Waals surface area contributed by atoms with E-state index in [0.717, 1.165) is 16.7 Å². The number of aromatic nitrogens is 3. The molecule has 3 aromatic rings. The van der Waals surface area contributed by atoms with Crippen molar-refractivity contribution in [3.8, 4) is 0 Å². The number of rotatable bonds is 0. The molecule has 3 rings (SSSR count). The summed E-state index contributed by atoms with van der Waals surface area (Å²) in [7, 11) is 0. The predicted octanol–water partition coefficient (Wildman–Crippen LogP) is 1.88. The van der Waals surface area contributed by atoms with Gasteiger partial charge in [0, 0.05) is 6.20 Å². The van der Waals surface area contributed by atoms with Crippen molar-refractivity contribution in [2.45, 2.75) is 0 Å². The van der Waals surface area contributed by atoms with Crippen LogP contribution in [0.2, 0.25) is 0 Å². The summed E-state index contributed by atoms with van der Waals surface area (Å²) < 4.78 is 2.03. The average Bonchev–Trinajstić information content (AvgIpc) is 2.65. The lowest BCUT2D eigenvalue weighted by molar-refractivity contribution is 1.05. The second-order valence-corrected chi connectivity index (χ2v) is 2.93. The first-order chi connectivity index (χ1) is 6.45. The molecule has 0 aliphatic rings. The molecule has 0 amide bonds. The van der Waals surface area contributed by atoms with Gasteiger partial charge in [0.05, 0.1) is 5.52 Å². The minimum Gasteiger partial charge on any atom is -0.298 e. The van der Waals surface area contributed by atoms with Gasteiger partial charge < -0.3 is 0 Å². The van der Waals surface area contributed by atoms with Crippen LogP contribution in [-0.2, 0) is 0 Å². The van der Waals surface area contributed by atoms with E-state index >= 15 is 0 Å². The molecule has 2 aromatic heterocycles. The summed E-state index contributed by atoms with van der Waals surface area (Å²) in [5.41, 5.74) is 2.91. The lowest BCUT2D eigenvalue weighted by atomic mass is 10.3. The molecule has 0 unspecified atom stereocenters. The standard InChI is InChI=1S/C10H7N3/c1-2-5-9-8(4-1)11-12-10-6-3-7-13(9)10/h1-7H. The van der Waals surface area contributed by atoms with Crippen LogP contribution in [0.5, 0.6) is 0 Å². The smallest absolute Gasteiger partial charge is 0.159 e. The molecule has 0 saturated heterocycles. The number of benzene rings is 1. The quantitative estimate of drug-likeness (QED) is 0.514. The molecule has 2 heterocycles. The first-order valence-corrected chi connectivity index (χ1v) is 4.14. The number of nitrogens with zero attached hydrogens (tertiary/aromatic N) is 3. The van der Waals surface area contributed by atoms with E-state index in [2.05, 4.69) is 10.2 Å². The number of fused-ring (bicyclic) bond motifs is 3. The Morgan fingerprint density at radius 2 is 1.85 bits per heavy atom. The fraction of sp³-hybridized carbons (Fsp3) is 0. The predicted molar refractivity (Wildman–Crippen MR) is 50.5 cm³/mol. The van der Waals surface area contributed by atoms with Gasteiger partial charge in [-0.1, -0.05) is 12.1 Å². The Bertz CT molecular complexity index is 568. The summed E-state index contributed by atoms with van der Waals surface area (Å²) >= 11 is 0. The molecule has 0 radical (unpaired) electrons. The van der Waals surface area contributed by atoms with Gasteiger partial charge in [-0.3, -0.25) is 4.40 Å². The zero-order chi connectivity index (χ0) is 8.67. The van der Waals surface area contributed by atoms with E-state index in [4.69, 9.17) is 0 Å². The van der Waals surface area contributed by atoms with E-state index in [1.165, 1.54) is 0 Å². The van der Waals surface area contributed by atoms with Gasteiger partial charge in [-0.2, -0.15) is 0 Å². The summed E-state index contributed by atoms with van der Waals surface area (Å²) in [4.78, 5) is 0. The van der Waals surface area contributed by atoms with Crippen molar-refractivity contribution in [2.24, 2.45) is 0 Å². The Hall–Kier alpha value is -1.90. The molecule has 3 nitrogen and oxygen atoms in total. The molecule has 0 atom stereocenters. The molecule has 3 heteroatoms. The van der Waals surface area contributed by atoms with Crippen LogP contribution >= 0.6 is 0 Å². The largest absolute Gasteiger partial charge is 0.298 e. The highest BCUT2D eigenvalue weighted by Crippen LogP contribution is 2.11. The fourth-order valence-electron chi connectivity index (χ4n) is 1.51. The topological polar surface area (TPSA) is 30.2 Å². The van der Waals surface area contributed by atoms with Crippen LogP contribution in [0, 0.1) is 0 Å². The Balaban J connectivity index is 2.65. The Morgan fingerprint density at radius 3 is 2.85 bits per heavy atom. The van der Waals surface area contributed by atoms with Crippen molar-refractivity contribution in [1.82, 2.24) is 14.6 Å². The third-order valence-corrected chi connectivity index (χ3v) is 2.13. The van der Waals surface area contributed by atoms with E-state index < -0.39 is 0 Å². The number of hydrogen-bond acceptors (Lipinski definition) is 2. The lowest BCUT2D eigenvalue weighted by Crippen LogP contribution is -1.92. The van der Waals surface area contributed by atoms with Crippen molar-refractivity contribution in [3.63, 3.8) is 0 Å². The van der Waals surface area contributed by atoms with E-state index in [9.17, 15) is 0 Å². The highest BCUT2D eigenvalue weighted by molar-refractivity contribution is 5.76. The van der Waals surface area contributed by atoms with Crippen LogP contribution < -0.4 is 0 Å². The third kappa shape index (κ3) is 0.839. The maximum absolute atomic E-state index is 4.11. The second kappa shape index (κ2) is 2.29. The van der Waals surface area contributed by atoms with E-state index in [-0.39, 0.29) is 0 Å². The van der Waals surface area contributed by atoms with E-state index in [1.54, 1.807) is 0 Å². The molecule has 0 fully saturated rings. The van der Waals surface area contributed by atoms with Gasteiger partial charge in [0.15, 0.2) is 5.65 Å². The molecule has 0 aliphatic carbocycles. The third-order valence-electron chi connectivity index (χ3n) is 2.13. The minimum absolute atomic E-state index is 0.888. The van der Waals surface area contributed by atoms with Gasteiger partial charge in [0.1, 0.15) is 5.52 Å². The molecule has 0 aliphatic heterocycles. The Labute approximate surface area is 74.6 Å². The summed E-state index contributed by atoms with van der Waals surface area (Å²) in [5.74, 6) is 0. The first kappa shape index (κ1) is 6.60. The van der Waals surface area contributed by atoms with Crippen molar-refractivity contribution in [1.29, 1.82) is 0 Å². The normalized spacial score (nSPS) is 11.1. The second-order valence-electron chi connectivity index (χ2n) is 2.93. The molecule has 0 spiro atoms. The Kier molecular flexibility index (Phi) is 1.16. The van der Waals surface area contributed by atoms with Gasteiger partial charge in [0.25, 0.3) is 0 Å². The summed E-state index contributed by atoms with van der Waals surface area (Å²) in [6.45, 7) is 0. The molecule has 13 heavy (non-hydrogen) atoms. The van der Waals surface area contributed by atoms with Crippen LogP contribution in [0.4, 0.5) is 0 Å². The molecule has 0 saturated carbocycles. The molecular formula is C10H7N3. The van der Waals surface area contributed by atoms with E-state index in [1.807, 2.05) is 47.0 Å². The molecular weight excluding hydrogens is 162 g/mol. The molecule has 0 bridgehead atoms. The van der Waals surface area contributed by atoms with Crippen LogP contribution in [-0.4, -0.2) is 14.6 Å². The minimum atomic E-state index is 0.888. The highest BCUT2D eigenvalue weighted by atomic mass is 15.2.